The Hall–Kier alpha value is -12.5. The number of nitrogens with one attached hydrogen (secondary N) is 6. The highest BCUT2D eigenvalue weighted by molar-refractivity contribution is 6.08. The van der Waals surface area contributed by atoms with Crippen LogP contribution < -0.4 is 46.1 Å². The molecule has 30 nitrogen and oxygen atoms in total. The van der Waals surface area contributed by atoms with Crippen LogP contribution in [0.2, 0.25) is 0 Å². The molecule has 6 saturated heterocycles. The molecule has 15 rings (SSSR count). The maximum atomic E-state index is 14.6. The quantitative estimate of drug-likeness (QED) is 0.0188. The zero-order valence-electron chi connectivity index (χ0n) is 62.5. The number of likely N-dealkylation sites (tertiary alicyclic amines) is 3. The fourth-order valence-electron chi connectivity index (χ4n) is 15.0. The fraction of sp³-hybridized carbons (Fsp3) is 0.407. The molecule has 114 heavy (non-hydrogen) atoms. The first kappa shape index (κ1) is 79.6. The first-order valence-electron chi connectivity index (χ1n) is 38.2. The SMILES string of the molecule is O=C1CCC(N2Cc3c(NCc4cc(OCCOC(=O)N5CCCC5)ccc4F)cccc3C2=O)C(=O)N1.O=C1CC[C@@H](N2Cc3c(NCc4cc(OCCOC(=O)N5CCCC5)ccc4F)cccc3C2=O)C(=O)N1.O=C1CC[C@H](N2Cc3c(NCc4cc(OCCOC(=O)N5CCCC5)ccc4F)cccc3C2=O)C(=O)N1. The smallest absolute Gasteiger partial charge is 0.409 e. The van der Waals surface area contributed by atoms with E-state index in [1.54, 1.807) is 87.5 Å². The molecular weight excluding hydrogens is 1490 g/mol. The van der Waals surface area contributed by atoms with Crippen LogP contribution in [0.3, 0.4) is 0 Å². The third-order valence-electron chi connectivity index (χ3n) is 21.0. The average Bonchev–Trinajstić information content (AvgIpc) is 1.64. The number of benzene rings is 6. The van der Waals surface area contributed by atoms with Gasteiger partial charge in [0.2, 0.25) is 35.4 Å². The van der Waals surface area contributed by atoms with Gasteiger partial charge in [0.05, 0.1) is 0 Å². The number of carbonyl (C=O) groups excluding carboxylic acids is 12. The van der Waals surface area contributed by atoms with Crippen molar-refractivity contribution >= 4 is 88.5 Å². The van der Waals surface area contributed by atoms with Gasteiger partial charge in [-0.25, -0.2) is 27.6 Å². The highest BCUT2D eigenvalue weighted by Gasteiger charge is 2.43. The van der Waals surface area contributed by atoms with Crippen molar-refractivity contribution in [2.75, 3.05) is 94.9 Å². The Kier molecular flexibility index (Phi) is 25.7. The van der Waals surface area contributed by atoms with Crippen molar-refractivity contribution < 1.29 is 99.1 Å². The number of ether oxygens (including phenoxy) is 6. The van der Waals surface area contributed by atoms with Gasteiger partial charge in [-0.05, 0) is 149 Å². The Labute approximate surface area is 653 Å². The number of hydrogen-bond donors (Lipinski definition) is 6. The molecule has 1 unspecified atom stereocenters. The molecule has 6 fully saturated rings. The number of carbonyl (C=O) groups is 12. The molecule has 0 aromatic heterocycles. The van der Waals surface area contributed by atoms with Crippen molar-refractivity contribution in [3.05, 3.63) is 177 Å². The lowest BCUT2D eigenvalue weighted by Crippen LogP contribution is -2.52. The molecule has 33 heteroatoms. The summed E-state index contributed by atoms with van der Waals surface area (Å²) in [5.41, 5.74) is 6.63. The second-order valence-electron chi connectivity index (χ2n) is 28.5. The minimum atomic E-state index is -0.707. The van der Waals surface area contributed by atoms with E-state index in [0.29, 0.717) is 107 Å². The van der Waals surface area contributed by atoms with Crippen LogP contribution in [0.5, 0.6) is 17.2 Å². The number of anilines is 3. The summed E-state index contributed by atoms with van der Waals surface area (Å²) >= 11 is 0. The third-order valence-corrected chi connectivity index (χ3v) is 21.0. The van der Waals surface area contributed by atoms with Crippen molar-refractivity contribution in [2.45, 2.75) is 134 Å². The number of rotatable bonds is 24. The van der Waals surface area contributed by atoms with Gasteiger partial charge in [-0.15, -0.1) is 0 Å². The fourth-order valence-corrected chi connectivity index (χ4v) is 15.0. The van der Waals surface area contributed by atoms with Gasteiger partial charge in [0.25, 0.3) is 17.7 Å². The first-order valence-corrected chi connectivity index (χ1v) is 38.2. The zero-order chi connectivity index (χ0) is 79.9. The highest BCUT2D eigenvalue weighted by atomic mass is 19.1. The Morgan fingerprint density at radius 3 is 0.904 bits per heavy atom. The van der Waals surface area contributed by atoms with Crippen LogP contribution in [-0.2, 0) is 82.2 Å². The second kappa shape index (κ2) is 36.8. The van der Waals surface area contributed by atoms with Crippen LogP contribution in [0.4, 0.5) is 44.6 Å². The van der Waals surface area contributed by atoms with E-state index in [9.17, 15) is 70.7 Å². The number of fused-ring (bicyclic) bond motifs is 3. The van der Waals surface area contributed by atoms with E-state index in [-0.39, 0.29) is 171 Å². The zero-order valence-corrected chi connectivity index (χ0v) is 62.5. The van der Waals surface area contributed by atoms with Gasteiger partial charge in [-0.2, -0.15) is 0 Å². The minimum Gasteiger partial charge on any atom is -0.490 e. The van der Waals surface area contributed by atoms with Crippen LogP contribution in [0.25, 0.3) is 0 Å². The Balaban J connectivity index is 0.000000149. The highest BCUT2D eigenvalue weighted by Crippen LogP contribution is 2.37. The summed E-state index contributed by atoms with van der Waals surface area (Å²) in [6.45, 7) is 6.00. The molecule has 0 spiro atoms. The van der Waals surface area contributed by atoms with E-state index in [1.807, 2.05) is 0 Å². The van der Waals surface area contributed by atoms with Gasteiger partial charge in [0, 0.05) is 165 Å². The van der Waals surface area contributed by atoms with Gasteiger partial charge in [0.15, 0.2) is 0 Å². The first-order chi connectivity index (χ1) is 55.2. The molecule has 600 valence electrons. The molecule has 6 aromatic rings. The average molecular weight is 1570 g/mol. The maximum Gasteiger partial charge on any atom is 0.409 e. The molecule has 0 radical (unpaired) electrons. The number of piperidine rings is 3. The van der Waals surface area contributed by atoms with Crippen LogP contribution in [0, 0.1) is 17.5 Å². The molecule has 0 saturated carbocycles. The lowest BCUT2D eigenvalue weighted by molar-refractivity contribution is -0.138. The molecule has 3 atom stereocenters. The number of halogens is 3. The molecule has 6 aromatic carbocycles. The standard InChI is InChI=1S/3C27H29FN4O6/c3*28-21-7-6-18(37-12-13-38-27(36)31-10-1-2-11-31)14-17(21)15-29-22-5-3-4-19-20(22)16-32(26(19)35)23-8-9-24(33)30-25(23)34/h3*3-7,14,23,29H,1-2,8-13,15-16H2,(H,30,33,34)/t2*23-;/m10./s1. The van der Waals surface area contributed by atoms with Gasteiger partial charge in [-0.1, -0.05) is 18.2 Å². The van der Waals surface area contributed by atoms with E-state index >= 15 is 0 Å². The van der Waals surface area contributed by atoms with Crippen LogP contribution >= 0.6 is 0 Å². The summed E-state index contributed by atoms with van der Waals surface area (Å²) in [5.74, 6) is -3.17. The lowest BCUT2D eigenvalue weighted by Gasteiger charge is -2.29. The van der Waals surface area contributed by atoms with Crippen molar-refractivity contribution in [2.24, 2.45) is 0 Å². The van der Waals surface area contributed by atoms with E-state index in [4.69, 9.17) is 28.4 Å². The molecule has 0 bridgehead atoms. The summed E-state index contributed by atoms with van der Waals surface area (Å²) in [4.78, 5) is 156. The molecular formula is C81H87F3N12O18. The van der Waals surface area contributed by atoms with Crippen molar-refractivity contribution in [3.8, 4) is 17.2 Å². The molecule has 6 N–H and O–H groups in total. The molecule has 0 aliphatic carbocycles. The molecule has 9 aliphatic rings. The van der Waals surface area contributed by atoms with Crippen LogP contribution in [0.1, 0.15) is 142 Å². The summed E-state index contributed by atoms with van der Waals surface area (Å²) in [7, 11) is 0. The van der Waals surface area contributed by atoms with E-state index in [2.05, 4.69) is 31.9 Å². The van der Waals surface area contributed by atoms with E-state index in [1.165, 1.54) is 51.1 Å². The van der Waals surface area contributed by atoms with Crippen molar-refractivity contribution in [1.29, 1.82) is 0 Å². The monoisotopic (exact) mass is 1570 g/mol. The predicted molar refractivity (Wildman–Crippen MR) is 402 cm³/mol. The minimum absolute atomic E-state index is 0.0914. The topological polar surface area (TPSA) is 352 Å². The predicted octanol–water partition coefficient (Wildman–Crippen LogP) is 8.43. The largest absolute Gasteiger partial charge is 0.490 e. The molecule has 9 heterocycles. The van der Waals surface area contributed by atoms with Crippen LogP contribution in [-0.4, -0.2) is 198 Å². The number of imide groups is 3. The molecule has 12 amide bonds. The lowest BCUT2D eigenvalue weighted by atomic mass is 10.0. The van der Waals surface area contributed by atoms with Gasteiger partial charge in [-0.3, -0.25) is 59.1 Å². The number of amides is 12. The summed E-state index contributed by atoms with van der Waals surface area (Å²) < 4.78 is 76.3. The summed E-state index contributed by atoms with van der Waals surface area (Å²) in [6, 6.07) is 26.7. The Morgan fingerprint density at radius 1 is 0.368 bits per heavy atom. The van der Waals surface area contributed by atoms with Crippen molar-refractivity contribution in [1.82, 2.24) is 45.3 Å². The summed E-state index contributed by atoms with van der Waals surface area (Å²) in [6.07, 6.45) is 6.25. The maximum absolute atomic E-state index is 14.6. The van der Waals surface area contributed by atoms with Gasteiger partial charge < -0.3 is 73.8 Å². The normalized spacial score (nSPS) is 18.9. The second-order valence-corrected chi connectivity index (χ2v) is 28.5. The van der Waals surface area contributed by atoms with Gasteiger partial charge >= 0.3 is 18.3 Å². The van der Waals surface area contributed by atoms with E-state index in [0.717, 1.165) is 55.2 Å². The third kappa shape index (κ3) is 19.2. The van der Waals surface area contributed by atoms with E-state index < -0.39 is 53.3 Å². The summed E-state index contributed by atoms with van der Waals surface area (Å²) in [5, 5.41) is 16.5. The van der Waals surface area contributed by atoms with Gasteiger partial charge in [0.1, 0.15) is 92.5 Å². The number of hydrogen-bond acceptors (Lipinski definition) is 21. The van der Waals surface area contributed by atoms with Crippen LogP contribution in [0.15, 0.2) is 109 Å². The Morgan fingerprint density at radius 2 is 0.640 bits per heavy atom. The number of nitrogens with zero attached hydrogens (tertiary/aromatic N) is 6. The Bertz CT molecular complexity index is 4250. The van der Waals surface area contributed by atoms with Crippen molar-refractivity contribution in [3.63, 3.8) is 0 Å². The molecule has 9 aliphatic heterocycles.